The van der Waals surface area contributed by atoms with Gasteiger partial charge in [-0.25, -0.2) is 4.79 Å². The summed E-state index contributed by atoms with van der Waals surface area (Å²) < 4.78 is 18.1. The van der Waals surface area contributed by atoms with Crippen molar-refractivity contribution in [3.05, 3.63) is 107 Å². The van der Waals surface area contributed by atoms with Crippen molar-refractivity contribution in [3.63, 3.8) is 0 Å². The molecule has 5 unspecified atom stereocenters. The van der Waals surface area contributed by atoms with Crippen LogP contribution in [0.5, 0.6) is 0 Å². The van der Waals surface area contributed by atoms with E-state index < -0.39 is 17.9 Å². The van der Waals surface area contributed by atoms with Crippen LogP contribution >= 0.6 is 11.6 Å². The van der Waals surface area contributed by atoms with E-state index in [9.17, 15) is 4.79 Å². The van der Waals surface area contributed by atoms with Gasteiger partial charge in [-0.05, 0) is 48.6 Å². The van der Waals surface area contributed by atoms with Crippen molar-refractivity contribution in [1.82, 2.24) is 10.2 Å². The second-order valence-electron chi connectivity index (χ2n) is 10.1. The second-order valence-corrected chi connectivity index (χ2v) is 10.5. The van der Waals surface area contributed by atoms with Crippen LogP contribution in [0.4, 0.5) is 4.79 Å². The number of rotatable bonds is 11. The van der Waals surface area contributed by atoms with Crippen molar-refractivity contribution in [2.24, 2.45) is 5.41 Å². The molecule has 3 aromatic carbocycles. The second kappa shape index (κ2) is 12.8. The summed E-state index contributed by atoms with van der Waals surface area (Å²) in [5, 5.41) is 3.85. The Bertz CT molecular complexity index is 1160. The highest BCUT2D eigenvalue weighted by Gasteiger charge is 2.63. The van der Waals surface area contributed by atoms with E-state index in [0.29, 0.717) is 11.6 Å². The number of hydrogen-bond acceptors (Lipinski definition) is 4. The number of amides is 2. The molecule has 0 radical (unpaired) electrons. The monoisotopic (exact) mass is 536 g/mol. The number of urea groups is 1. The minimum atomic E-state index is -0.644. The van der Waals surface area contributed by atoms with Gasteiger partial charge in [0.15, 0.2) is 6.29 Å². The summed E-state index contributed by atoms with van der Waals surface area (Å²) in [7, 11) is 3.27. The number of carbonyl (C=O) groups is 1. The quantitative estimate of drug-likeness (QED) is 0.281. The molecular formula is C31H37ClN2O4. The average molecular weight is 537 g/mol. The molecule has 0 aromatic heterocycles. The van der Waals surface area contributed by atoms with Gasteiger partial charge in [0.2, 0.25) is 0 Å². The first kappa shape index (κ1) is 28.1. The fourth-order valence-corrected chi connectivity index (χ4v) is 5.49. The fourth-order valence-electron chi connectivity index (χ4n) is 5.36. The molecule has 4 rings (SSSR count). The number of carbonyl (C=O) groups excluding carboxylic acids is 1. The smallest absolute Gasteiger partial charge is 0.320 e. The third-order valence-corrected chi connectivity index (χ3v) is 7.75. The molecule has 202 valence electrons. The van der Waals surface area contributed by atoms with Gasteiger partial charge in [0, 0.05) is 24.7 Å². The lowest BCUT2D eigenvalue weighted by Gasteiger charge is -2.62. The Morgan fingerprint density at radius 2 is 1.61 bits per heavy atom. The Kier molecular flexibility index (Phi) is 9.44. The van der Waals surface area contributed by atoms with Crippen molar-refractivity contribution in [1.29, 1.82) is 0 Å². The molecule has 0 saturated carbocycles. The first-order chi connectivity index (χ1) is 18.4. The fraction of sp³-hybridized carbons (Fsp3) is 0.387. The van der Waals surface area contributed by atoms with Crippen LogP contribution in [0.15, 0.2) is 84.9 Å². The molecule has 1 heterocycles. The maximum Gasteiger partial charge on any atom is 0.320 e. The lowest BCUT2D eigenvalue weighted by Crippen LogP contribution is -2.77. The van der Waals surface area contributed by atoms with Gasteiger partial charge >= 0.3 is 6.03 Å². The Morgan fingerprint density at radius 3 is 2.21 bits per heavy atom. The summed E-state index contributed by atoms with van der Waals surface area (Å²) in [6.45, 7) is 4.49. The number of nitrogens with zero attached hydrogens (tertiary/aromatic N) is 1. The molecule has 1 aliphatic rings. The molecule has 0 aliphatic carbocycles. The number of aryl methyl sites for hydroxylation is 1. The maximum absolute atomic E-state index is 13.7. The van der Waals surface area contributed by atoms with Gasteiger partial charge < -0.3 is 19.5 Å². The topological polar surface area (TPSA) is 60.0 Å². The van der Waals surface area contributed by atoms with Crippen LogP contribution in [-0.4, -0.2) is 43.7 Å². The highest BCUT2D eigenvalue weighted by atomic mass is 35.5. The van der Waals surface area contributed by atoms with Gasteiger partial charge in [0.05, 0.1) is 18.7 Å². The van der Waals surface area contributed by atoms with E-state index in [1.54, 1.807) is 19.1 Å². The van der Waals surface area contributed by atoms with Crippen molar-refractivity contribution in [2.75, 3.05) is 14.2 Å². The zero-order valence-corrected chi connectivity index (χ0v) is 23.2. The summed E-state index contributed by atoms with van der Waals surface area (Å²) in [4.78, 5) is 15.4. The van der Waals surface area contributed by atoms with Gasteiger partial charge in [-0.15, -0.1) is 0 Å². The molecule has 1 N–H and O–H groups in total. The van der Waals surface area contributed by atoms with Crippen LogP contribution in [0.25, 0.3) is 0 Å². The SMILES string of the molecule is COC(OCc1ccccc1)C1N(C(=O)NC(C)c2ccccc2)C(OC)C1(C)CCc1ccc(Cl)cc1. The van der Waals surface area contributed by atoms with Gasteiger partial charge in [-0.2, -0.15) is 0 Å². The minimum absolute atomic E-state index is 0.172. The van der Waals surface area contributed by atoms with E-state index in [0.717, 1.165) is 24.0 Å². The number of nitrogens with one attached hydrogen (secondary N) is 1. The van der Waals surface area contributed by atoms with Crippen molar-refractivity contribution >= 4 is 17.6 Å². The molecule has 38 heavy (non-hydrogen) atoms. The Labute approximate surface area is 230 Å². The van der Waals surface area contributed by atoms with Gasteiger partial charge in [0.1, 0.15) is 6.23 Å². The first-order valence-corrected chi connectivity index (χ1v) is 13.3. The molecular weight excluding hydrogens is 500 g/mol. The van der Waals surface area contributed by atoms with Gasteiger partial charge in [0.25, 0.3) is 0 Å². The predicted octanol–water partition coefficient (Wildman–Crippen LogP) is 6.60. The number of methoxy groups -OCH3 is 2. The lowest BCUT2D eigenvalue weighted by molar-refractivity contribution is -0.295. The van der Waals surface area contributed by atoms with E-state index in [1.165, 1.54) is 5.56 Å². The Morgan fingerprint density at radius 1 is 0.974 bits per heavy atom. The van der Waals surface area contributed by atoms with E-state index in [1.807, 2.05) is 91.9 Å². The first-order valence-electron chi connectivity index (χ1n) is 13.0. The normalized spacial score (nSPS) is 22.4. The summed E-state index contributed by atoms with van der Waals surface area (Å²) in [6, 6.07) is 27.0. The van der Waals surface area contributed by atoms with Crippen LogP contribution in [0, 0.1) is 5.41 Å². The molecule has 1 fully saturated rings. The summed E-state index contributed by atoms with van der Waals surface area (Å²) in [5.74, 6) is 0. The van der Waals surface area contributed by atoms with Crippen LogP contribution in [0.3, 0.4) is 0 Å². The molecule has 0 spiro atoms. The molecule has 1 aliphatic heterocycles. The van der Waals surface area contributed by atoms with Crippen molar-refractivity contribution in [3.8, 4) is 0 Å². The van der Waals surface area contributed by atoms with E-state index >= 15 is 0 Å². The number of benzene rings is 3. The molecule has 7 heteroatoms. The van der Waals surface area contributed by atoms with Crippen LogP contribution in [0.2, 0.25) is 5.02 Å². The van der Waals surface area contributed by atoms with E-state index in [4.69, 9.17) is 25.8 Å². The van der Waals surface area contributed by atoms with Gasteiger partial charge in [-0.1, -0.05) is 91.3 Å². The third kappa shape index (κ3) is 6.21. The molecule has 3 aromatic rings. The summed E-state index contributed by atoms with van der Waals surface area (Å²) >= 11 is 6.09. The highest BCUT2D eigenvalue weighted by molar-refractivity contribution is 6.30. The molecule has 2 amide bonds. The Hall–Kier alpha value is -2.90. The number of halogens is 1. The van der Waals surface area contributed by atoms with E-state index in [2.05, 4.69) is 12.2 Å². The standard InChI is InChI=1S/C31H37ClN2O4/c1-22(25-13-9-6-10-14-25)33-30(35)34-27(28(36-3)38-21-24-11-7-5-8-12-24)31(2,29(34)37-4)20-19-23-15-17-26(32)18-16-23/h5-18,22,27-29H,19-21H2,1-4H3,(H,33,35). The average Bonchev–Trinajstić information content (AvgIpc) is 2.94. The lowest BCUT2D eigenvalue weighted by atomic mass is 9.67. The summed E-state index contributed by atoms with van der Waals surface area (Å²) in [5.41, 5.74) is 2.82. The Balaban J connectivity index is 1.57. The molecule has 0 bridgehead atoms. The summed E-state index contributed by atoms with van der Waals surface area (Å²) in [6.07, 6.45) is 0.481. The largest absolute Gasteiger partial charge is 0.361 e. The van der Waals surface area contributed by atoms with Crippen molar-refractivity contribution in [2.45, 2.75) is 57.9 Å². The number of hydrogen-bond donors (Lipinski definition) is 1. The zero-order chi connectivity index (χ0) is 27.1. The molecule has 5 atom stereocenters. The molecule has 6 nitrogen and oxygen atoms in total. The van der Waals surface area contributed by atoms with E-state index in [-0.39, 0.29) is 18.1 Å². The maximum atomic E-state index is 13.7. The van der Waals surface area contributed by atoms with Gasteiger partial charge in [-0.3, -0.25) is 4.90 Å². The van der Waals surface area contributed by atoms with Crippen LogP contribution < -0.4 is 5.32 Å². The van der Waals surface area contributed by atoms with Crippen molar-refractivity contribution < 1.29 is 19.0 Å². The number of ether oxygens (including phenoxy) is 3. The van der Waals surface area contributed by atoms with Crippen LogP contribution in [0.1, 0.15) is 43.0 Å². The van der Waals surface area contributed by atoms with Crippen LogP contribution in [-0.2, 0) is 27.2 Å². The zero-order valence-electron chi connectivity index (χ0n) is 22.5. The minimum Gasteiger partial charge on any atom is -0.361 e. The third-order valence-electron chi connectivity index (χ3n) is 7.50. The predicted molar refractivity (Wildman–Crippen MR) is 150 cm³/mol. The highest BCUT2D eigenvalue weighted by Crippen LogP contribution is 2.50. The molecule has 1 saturated heterocycles. The number of likely N-dealkylation sites (tertiary alicyclic amines) is 1.